The molecule has 0 bridgehead atoms. The van der Waals surface area contributed by atoms with E-state index in [4.69, 9.17) is 6.42 Å². The van der Waals surface area contributed by atoms with E-state index in [1.807, 2.05) is 0 Å². The van der Waals surface area contributed by atoms with Crippen molar-refractivity contribution in [1.29, 1.82) is 0 Å². The fourth-order valence-electron chi connectivity index (χ4n) is 1.65. The van der Waals surface area contributed by atoms with Crippen molar-refractivity contribution in [2.75, 3.05) is 0 Å². The second kappa shape index (κ2) is 2.64. The summed E-state index contributed by atoms with van der Waals surface area (Å²) in [5.41, 5.74) is -0.780. The van der Waals surface area contributed by atoms with E-state index in [1.165, 1.54) is 6.42 Å². The van der Waals surface area contributed by atoms with Gasteiger partial charge in [-0.25, -0.2) is 0 Å². The largest absolute Gasteiger partial charge is 0.378 e. The first kappa shape index (κ1) is 7.63. The van der Waals surface area contributed by atoms with Gasteiger partial charge in [0.25, 0.3) is 0 Å². The Labute approximate surface area is 62.4 Å². The van der Waals surface area contributed by atoms with Gasteiger partial charge in [-0.3, -0.25) is 0 Å². The SMILES string of the molecule is C#C[C@@]1(O)CCCC(C)C1. The van der Waals surface area contributed by atoms with Crippen LogP contribution in [0.3, 0.4) is 0 Å². The molecule has 1 aliphatic rings. The second-order valence-corrected chi connectivity index (χ2v) is 3.38. The van der Waals surface area contributed by atoms with E-state index in [0.29, 0.717) is 5.92 Å². The van der Waals surface area contributed by atoms with Crippen molar-refractivity contribution in [3.63, 3.8) is 0 Å². The van der Waals surface area contributed by atoms with Crippen LogP contribution >= 0.6 is 0 Å². The minimum absolute atomic E-state index is 0.592. The van der Waals surface area contributed by atoms with Crippen LogP contribution in [0.25, 0.3) is 0 Å². The molecule has 10 heavy (non-hydrogen) atoms. The van der Waals surface area contributed by atoms with Gasteiger partial charge in [0.2, 0.25) is 0 Å². The molecule has 0 amide bonds. The predicted molar refractivity (Wildman–Crippen MR) is 41.4 cm³/mol. The zero-order valence-corrected chi connectivity index (χ0v) is 6.43. The standard InChI is InChI=1S/C9H14O/c1-3-9(10)6-4-5-8(2)7-9/h1,8,10H,4-7H2,2H3/t8?,9-/m1/s1. The van der Waals surface area contributed by atoms with Crippen LogP contribution in [0.1, 0.15) is 32.6 Å². The molecule has 1 nitrogen and oxygen atoms in total. The molecule has 1 fully saturated rings. The van der Waals surface area contributed by atoms with Crippen LogP contribution < -0.4 is 0 Å². The van der Waals surface area contributed by atoms with Crippen LogP contribution in [-0.4, -0.2) is 10.7 Å². The highest BCUT2D eigenvalue weighted by Gasteiger charge is 2.29. The van der Waals surface area contributed by atoms with Gasteiger partial charge in [0.15, 0.2) is 0 Å². The molecule has 0 spiro atoms. The maximum Gasteiger partial charge on any atom is 0.125 e. The molecule has 1 unspecified atom stereocenters. The lowest BCUT2D eigenvalue weighted by Gasteiger charge is -2.30. The van der Waals surface area contributed by atoms with E-state index < -0.39 is 5.60 Å². The summed E-state index contributed by atoms with van der Waals surface area (Å²) in [6.45, 7) is 2.14. The van der Waals surface area contributed by atoms with Crippen molar-refractivity contribution < 1.29 is 5.11 Å². The van der Waals surface area contributed by atoms with Crippen molar-refractivity contribution in [2.24, 2.45) is 5.92 Å². The maximum atomic E-state index is 9.61. The van der Waals surface area contributed by atoms with E-state index in [2.05, 4.69) is 12.8 Å². The first-order chi connectivity index (χ1) is 4.66. The molecule has 2 atom stereocenters. The number of hydrogen-bond donors (Lipinski definition) is 1. The maximum absolute atomic E-state index is 9.61. The van der Waals surface area contributed by atoms with Gasteiger partial charge in [-0.2, -0.15) is 0 Å². The van der Waals surface area contributed by atoms with E-state index in [-0.39, 0.29) is 0 Å². The molecule has 1 N–H and O–H groups in total. The summed E-state index contributed by atoms with van der Waals surface area (Å²) in [6.07, 6.45) is 9.05. The Bertz CT molecular complexity index is 157. The number of terminal acetylenes is 1. The van der Waals surface area contributed by atoms with Gasteiger partial charge in [0.1, 0.15) is 5.60 Å². The zero-order chi connectivity index (χ0) is 7.61. The Kier molecular flexibility index (Phi) is 2.01. The van der Waals surface area contributed by atoms with Gasteiger partial charge in [-0.1, -0.05) is 19.3 Å². The summed E-state index contributed by atoms with van der Waals surface area (Å²) < 4.78 is 0. The Morgan fingerprint density at radius 3 is 2.80 bits per heavy atom. The molecule has 56 valence electrons. The zero-order valence-electron chi connectivity index (χ0n) is 6.43. The van der Waals surface area contributed by atoms with Crippen LogP contribution in [0.4, 0.5) is 0 Å². The summed E-state index contributed by atoms with van der Waals surface area (Å²) in [4.78, 5) is 0. The average molecular weight is 138 g/mol. The van der Waals surface area contributed by atoms with Gasteiger partial charge in [0, 0.05) is 0 Å². The van der Waals surface area contributed by atoms with Crippen LogP contribution in [0.15, 0.2) is 0 Å². The monoisotopic (exact) mass is 138 g/mol. The molecule has 1 aliphatic carbocycles. The molecule has 1 rings (SSSR count). The van der Waals surface area contributed by atoms with Gasteiger partial charge < -0.3 is 5.11 Å². The van der Waals surface area contributed by atoms with Crippen molar-refractivity contribution in [3.05, 3.63) is 0 Å². The van der Waals surface area contributed by atoms with Crippen molar-refractivity contribution in [1.82, 2.24) is 0 Å². The van der Waals surface area contributed by atoms with Gasteiger partial charge in [0.05, 0.1) is 0 Å². The lowest BCUT2D eigenvalue weighted by Crippen LogP contribution is -2.32. The molecule has 1 heteroatoms. The molecule has 0 aromatic heterocycles. The third-order valence-corrected chi connectivity index (χ3v) is 2.24. The van der Waals surface area contributed by atoms with Gasteiger partial charge in [-0.05, 0) is 25.2 Å². The van der Waals surface area contributed by atoms with Gasteiger partial charge >= 0.3 is 0 Å². The van der Waals surface area contributed by atoms with Crippen LogP contribution in [0, 0.1) is 18.3 Å². The summed E-state index contributed by atoms with van der Waals surface area (Å²) >= 11 is 0. The van der Waals surface area contributed by atoms with Crippen LogP contribution in [0.2, 0.25) is 0 Å². The Morgan fingerprint density at radius 2 is 2.40 bits per heavy atom. The highest BCUT2D eigenvalue weighted by molar-refractivity contribution is 5.08. The number of rotatable bonds is 0. The normalized spacial score (nSPS) is 40.7. The van der Waals surface area contributed by atoms with Crippen molar-refractivity contribution >= 4 is 0 Å². The molecule has 0 aromatic carbocycles. The van der Waals surface area contributed by atoms with E-state index in [0.717, 1.165) is 19.3 Å². The Morgan fingerprint density at radius 1 is 1.70 bits per heavy atom. The fourth-order valence-corrected chi connectivity index (χ4v) is 1.65. The predicted octanol–water partition coefficient (Wildman–Crippen LogP) is 1.56. The lowest BCUT2D eigenvalue weighted by atomic mass is 9.79. The van der Waals surface area contributed by atoms with Gasteiger partial charge in [-0.15, -0.1) is 6.42 Å². The first-order valence-electron chi connectivity index (χ1n) is 3.86. The molecule has 0 aliphatic heterocycles. The lowest BCUT2D eigenvalue weighted by molar-refractivity contribution is 0.0412. The molecular formula is C9H14O. The summed E-state index contributed by atoms with van der Waals surface area (Å²) in [5, 5.41) is 9.61. The summed E-state index contributed by atoms with van der Waals surface area (Å²) in [6, 6.07) is 0. The second-order valence-electron chi connectivity index (χ2n) is 3.38. The Balaban J connectivity index is 2.56. The quantitative estimate of drug-likeness (QED) is 0.504. The third kappa shape index (κ3) is 1.52. The molecule has 0 radical (unpaired) electrons. The average Bonchev–Trinajstić information content (AvgIpc) is 1.88. The van der Waals surface area contributed by atoms with Crippen molar-refractivity contribution in [3.8, 4) is 12.3 Å². The highest BCUT2D eigenvalue weighted by Crippen LogP contribution is 2.31. The molecule has 0 heterocycles. The minimum Gasteiger partial charge on any atom is -0.378 e. The molecular weight excluding hydrogens is 124 g/mol. The topological polar surface area (TPSA) is 20.2 Å². The Hall–Kier alpha value is -0.480. The summed E-state index contributed by atoms with van der Waals surface area (Å²) in [5.74, 6) is 3.06. The molecule has 0 aromatic rings. The number of aliphatic hydroxyl groups is 1. The smallest absolute Gasteiger partial charge is 0.125 e. The van der Waals surface area contributed by atoms with E-state index in [9.17, 15) is 5.11 Å². The third-order valence-electron chi connectivity index (χ3n) is 2.24. The van der Waals surface area contributed by atoms with Crippen molar-refractivity contribution in [2.45, 2.75) is 38.2 Å². The van der Waals surface area contributed by atoms with E-state index in [1.54, 1.807) is 0 Å². The summed E-state index contributed by atoms with van der Waals surface area (Å²) in [7, 11) is 0. The number of hydrogen-bond acceptors (Lipinski definition) is 1. The van der Waals surface area contributed by atoms with Crippen LogP contribution in [0.5, 0.6) is 0 Å². The van der Waals surface area contributed by atoms with E-state index >= 15 is 0 Å². The highest BCUT2D eigenvalue weighted by atomic mass is 16.3. The molecule has 0 saturated heterocycles. The fraction of sp³-hybridized carbons (Fsp3) is 0.778. The molecule has 1 saturated carbocycles. The minimum atomic E-state index is -0.780. The first-order valence-corrected chi connectivity index (χ1v) is 3.86. The van der Waals surface area contributed by atoms with Crippen LogP contribution in [-0.2, 0) is 0 Å².